The molecule has 4 heteroatoms. The quantitative estimate of drug-likeness (QED) is 0.580. The van der Waals surface area contributed by atoms with E-state index in [1.165, 1.54) is 0 Å². The van der Waals surface area contributed by atoms with E-state index in [9.17, 15) is 0 Å². The Labute approximate surface area is 112 Å². The molecule has 0 fully saturated rings. The van der Waals surface area contributed by atoms with Crippen LogP contribution >= 0.6 is 0 Å². The van der Waals surface area contributed by atoms with Gasteiger partial charge in [-0.25, -0.2) is 0 Å². The summed E-state index contributed by atoms with van der Waals surface area (Å²) in [5.41, 5.74) is -0.270. The Hall–Kier alpha value is -0.160. The molecule has 0 aliphatic rings. The molecular weight excluding hydrogens is 232 g/mol. The van der Waals surface area contributed by atoms with E-state index in [-0.39, 0.29) is 17.6 Å². The molecule has 0 rings (SSSR count). The molecule has 0 aliphatic heterocycles. The van der Waals surface area contributed by atoms with Crippen LogP contribution in [0.2, 0.25) is 0 Å². The molecule has 0 aromatic rings. The van der Waals surface area contributed by atoms with Crippen molar-refractivity contribution in [3.05, 3.63) is 0 Å². The van der Waals surface area contributed by atoms with E-state index >= 15 is 0 Å². The first kappa shape index (κ1) is 17.8. The van der Waals surface area contributed by atoms with Crippen molar-refractivity contribution in [2.24, 2.45) is 5.41 Å². The van der Waals surface area contributed by atoms with E-state index in [1.807, 2.05) is 0 Å². The predicted molar refractivity (Wildman–Crippen MR) is 72.8 cm³/mol. The third kappa shape index (κ3) is 6.69. The second kappa shape index (κ2) is 8.86. The second-order valence-corrected chi connectivity index (χ2v) is 5.63. The average Bonchev–Trinajstić information content (AvgIpc) is 2.31. The van der Waals surface area contributed by atoms with Crippen molar-refractivity contribution < 1.29 is 19.3 Å². The van der Waals surface area contributed by atoms with E-state index in [1.54, 1.807) is 0 Å². The van der Waals surface area contributed by atoms with Crippen LogP contribution in [0.3, 0.4) is 0 Å². The van der Waals surface area contributed by atoms with Gasteiger partial charge in [0.05, 0.1) is 38.6 Å². The molecule has 0 heterocycles. The van der Waals surface area contributed by atoms with Crippen molar-refractivity contribution in [1.82, 2.24) is 0 Å². The van der Waals surface area contributed by atoms with Crippen molar-refractivity contribution in [2.75, 3.05) is 39.6 Å². The SMILES string of the molecule is CCCOC(C)(C)C(C)(C)COCCOCCO. The van der Waals surface area contributed by atoms with Gasteiger partial charge in [-0.3, -0.25) is 0 Å². The summed E-state index contributed by atoms with van der Waals surface area (Å²) >= 11 is 0. The van der Waals surface area contributed by atoms with E-state index in [2.05, 4.69) is 34.6 Å². The average molecular weight is 262 g/mol. The Morgan fingerprint density at radius 3 is 2.06 bits per heavy atom. The van der Waals surface area contributed by atoms with Crippen molar-refractivity contribution in [2.45, 2.75) is 46.6 Å². The number of rotatable bonds is 11. The predicted octanol–water partition coefficient (Wildman–Crippen LogP) is 2.24. The molecule has 0 aromatic carbocycles. The van der Waals surface area contributed by atoms with E-state index in [0.717, 1.165) is 13.0 Å². The molecule has 0 atom stereocenters. The highest BCUT2D eigenvalue weighted by Crippen LogP contribution is 2.34. The minimum Gasteiger partial charge on any atom is -0.394 e. The first-order valence-electron chi connectivity index (χ1n) is 6.77. The van der Waals surface area contributed by atoms with Crippen LogP contribution in [0.25, 0.3) is 0 Å². The molecule has 18 heavy (non-hydrogen) atoms. The lowest BCUT2D eigenvalue weighted by atomic mass is 9.78. The van der Waals surface area contributed by atoms with Gasteiger partial charge < -0.3 is 19.3 Å². The van der Waals surface area contributed by atoms with Gasteiger partial charge in [0.2, 0.25) is 0 Å². The van der Waals surface area contributed by atoms with Crippen molar-refractivity contribution in [1.29, 1.82) is 0 Å². The summed E-state index contributed by atoms with van der Waals surface area (Å²) in [5, 5.41) is 8.56. The normalized spacial score (nSPS) is 13.0. The fourth-order valence-electron chi connectivity index (χ4n) is 1.34. The van der Waals surface area contributed by atoms with Crippen molar-refractivity contribution in [3.8, 4) is 0 Å². The third-order valence-electron chi connectivity index (χ3n) is 3.37. The van der Waals surface area contributed by atoms with Crippen LogP contribution in [0.5, 0.6) is 0 Å². The third-order valence-corrected chi connectivity index (χ3v) is 3.37. The summed E-state index contributed by atoms with van der Waals surface area (Å²) in [6, 6.07) is 0. The Bertz CT molecular complexity index is 202. The van der Waals surface area contributed by atoms with Gasteiger partial charge >= 0.3 is 0 Å². The smallest absolute Gasteiger partial charge is 0.0701 e. The molecule has 0 amide bonds. The zero-order chi connectivity index (χ0) is 14.1. The lowest BCUT2D eigenvalue weighted by Gasteiger charge is -2.41. The first-order chi connectivity index (χ1) is 8.37. The summed E-state index contributed by atoms with van der Waals surface area (Å²) < 4.78 is 16.7. The van der Waals surface area contributed by atoms with E-state index in [0.29, 0.717) is 26.4 Å². The van der Waals surface area contributed by atoms with Crippen LogP contribution < -0.4 is 0 Å². The van der Waals surface area contributed by atoms with Gasteiger partial charge in [-0.1, -0.05) is 20.8 Å². The Balaban J connectivity index is 3.90. The first-order valence-corrected chi connectivity index (χ1v) is 6.77. The molecule has 110 valence electrons. The highest BCUT2D eigenvalue weighted by molar-refractivity contribution is 4.87. The monoisotopic (exact) mass is 262 g/mol. The fourth-order valence-corrected chi connectivity index (χ4v) is 1.34. The molecule has 4 nitrogen and oxygen atoms in total. The number of aliphatic hydroxyl groups is 1. The van der Waals surface area contributed by atoms with Gasteiger partial charge in [-0.05, 0) is 20.3 Å². The zero-order valence-electron chi connectivity index (χ0n) is 12.6. The van der Waals surface area contributed by atoms with Crippen LogP contribution in [0.4, 0.5) is 0 Å². The second-order valence-electron chi connectivity index (χ2n) is 5.63. The van der Waals surface area contributed by atoms with Gasteiger partial charge in [0, 0.05) is 12.0 Å². The maximum absolute atomic E-state index is 8.56. The number of hydrogen-bond acceptors (Lipinski definition) is 4. The minimum atomic E-state index is -0.213. The van der Waals surface area contributed by atoms with Gasteiger partial charge in [-0.15, -0.1) is 0 Å². The van der Waals surface area contributed by atoms with Crippen LogP contribution in [0.1, 0.15) is 41.0 Å². The molecule has 0 aromatic heterocycles. The number of aliphatic hydroxyl groups excluding tert-OH is 1. The van der Waals surface area contributed by atoms with Gasteiger partial charge in [-0.2, -0.15) is 0 Å². The molecule has 1 N–H and O–H groups in total. The molecule has 0 bridgehead atoms. The zero-order valence-corrected chi connectivity index (χ0v) is 12.6. The van der Waals surface area contributed by atoms with Gasteiger partial charge in [0.15, 0.2) is 0 Å². The minimum absolute atomic E-state index is 0.0564. The van der Waals surface area contributed by atoms with Crippen molar-refractivity contribution in [3.63, 3.8) is 0 Å². The molecule has 0 aliphatic carbocycles. The highest BCUT2D eigenvalue weighted by Gasteiger charge is 2.38. The highest BCUT2D eigenvalue weighted by atomic mass is 16.5. The lowest BCUT2D eigenvalue weighted by Crippen LogP contribution is -2.45. The summed E-state index contributed by atoms with van der Waals surface area (Å²) in [6.45, 7) is 13.5. The fraction of sp³-hybridized carbons (Fsp3) is 1.00. The van der Waals surface area contributed by atoms with Crippen LogP contribution in [0, 0.1) is 5.41 Å². The molecule has 0 radical (unpaired) electrons. The topological polar surface area (TPSA) is 47.9 Å². The Morgan fingerprint density at radius 1 is 0.889 bits per heavy atom. The molecule has 0 spiro atoms. The van der Waals surface area contributed by atoms with Gasteiger partial charge in [0.25, 0.3) is 0 Å². The maximum Gasteiger partial charge on any atom is 0.0701 e. The number of hydrogen-bond donors (Lipinski definition) is 1. The number of ether oxygens (including phenoxy) is 3. The van der Waals surface area contributed by atoms with Gasteiger partial charge in [0.1, 0.15) is 0 Å². The molecule has 0 saturated carbocycles. The van der Waals surface area contributed by atoms with Crippen LogP contribution in [0.15, 0.2) is 0 Å². The molecule has 0 unspecified atom stereocenters. The Morgan fingerprint density at radius 2 is 1.50 bits per heavy atom. The molecule has 0 saturated heterocycles. The lowest BCUT2D eigenvalue weighted by molar-refractivity contribution is -0.127. The molecular formula is C14H30O4. The summed E-state index contributed by atoms with van der Waals surface area (Å²) in [4.78, 5) is 0. The Kier molecular flexibility index (Phi) is 8.78. The summed E-state index contributed by atoms with van der Waals surface area (Å²) in [5.74, 6) is 0. The van der Waals surface area contributed by atoms with Crippen LogP contribution in [-0.2, 0) is 14.2 Å². The van der Waals surface area contributed by atoms with Crippen LogP contribution in [-0.4, -0.2) is 50.3 Å². The van der Waals surface area contributed by atoms with E-state index in [4.69, 9.17) is 19.3 Å². The van der Waals surface area contributed by atoms with Crippen molar-refractivity contribution >= 4 is 0 Å². The summed E-state index contributed by atoms with van der Waals surface area (Å²) in [6.07, 6.45) is 1.02. The maximum atomic E-state index is 8.56. The largest absolute Gasteiger partial charge is 0.394 e. The standard InChI is InChI=1S/C14H30O4/c1-6-8-18-14(4,5)13(2,3)12-17-11-10-16-9-7-15/h15H,6-12H2,1-5H3. The summed E-state index contributed by atoms with van der Waals surface area (Å²) in [7, 11) is 0. The van der Waals surface area contributed by atoms with E-state index < -0.39 is 0 Å².